The molecule has 26 heavy (non-hydrogen) atoms. The minimum absolute atomic E-state index is 0.00905. The van der Waals surface area contributed by atoms with Crippen molar-refractivity contribution in [3.8, 4) is 0 Å². The van der Waals surface area contributed by atoms with E-state index in [2.05, 4.69) is 0 Å². The lowest BCUT2D eigenvalue weighted by atomic mass is 10.1. The molecule has 1 heterocycles. The summed E-state index contributed by atoms with van der Waals surface area (Å²) in [5.41, 5.74) is 1.81. The van der Waals surface area contributed by atoms with E-state index in [1.165, 1.54) is 6.08 Å². The van der Waals surface area contributed by atoms with E-state index in [-0.39, 0.29) is 12.2 Å². The Kier molecular flexibility index (Phi) is 5.02. The molecule has 0 fully saturated rings. The van der Waals surface area contributed by atoms with E-state index < -0.39 is 11.9 Å². The summed E-state index contributed by atoms with van der Waals surface area (Å²) in [6.45, 7) is 0.250. The maximum Gasteiger partial charge on any atom is 0.353 e. The Hall–Kier alpha value is -2.76. The lowest BCUT2D eigenvalue weighted by molar-refractivity contribution is -0.131. The summed E-state index contributed by atoms with van der Waals surface area (Å²) in [5.74, 6) is -2.30. The first-order chi connectivity index (χ1) is 12.4. The molecule has 0 aliphatic carbocycles. The molecule has 1 aromatic heterocycles. The maximum atomic E-state index is 11.9. The molecule has 5 nitrogen and oxygen atoms in total. The Bertz CT molecular complexity index is 1050. The van der Waals surface area contributed by atoms with E-state index >= 15 is 0 Å². The van der Waals surface area contributed by atoms with Crippen LogP contribution in [-0.4, -0.2) is 26.7 Å². The first kappa shape index (κ1) is 18.0. The minimum Gasteiger partial charge on any atom is -0.478 e. The fourth-order valence-electron chi connectivity index (χ4n) is 2.87. The van der Waals surface area contributed by atoms with Crippen LogP contribution in [0, 0.1) is 0 Å². The first-order valence-electron chi connectivity index (χ1n) is 7.58. The molecule has 0 saturated carbocycles. The third-order valence-electron chi connectivity index (χ3n) is 3.93. The van der Waals surface area contributed by atoms with E-state index in [1.54, 1.807) is 47.0 Å². The molecule has 0 bridgehead atoms. The van der Waals surface area contributed by atoms with Crippen LogP contribution in [0.2, 0.25) is 10.0 Å². The second-order valence-corrected chi connectivity index (χ2v) is 6.41. The van der Waals surface area contributed by atoms with Crippen molar-refractivity contribution in [2.24, 2.45) is 0 Å². The molecule has 2 aromatic carbocycles. The van der Waals surface area contributed by atoms with Gasteiger partial charge in [-0.3, -0.25) is 0 Å². The summed E-state index contributed by atoms with van der Waals surface area (Å²) in [6.07, 6.45) is 2.23. The van der Waals surface area contributed by atoms with Gasteiger partial charge in [0, 0.05) is 29.1 Å². The van der Waals surface area contributed by atoms with Gasteiger partial charge < -0.3 is 14.8 Å². The molecule has 132 valence electrons. The number of para-hydroxylation sites is 1. The Morgan fingerprint density at radius 2 is 1.77 bits per heavy atom. The van der Waals surface area contributed by atoms with Gasteiger partial charge in [0.05, 0.1) is 10.0 Å². The summed E-state index contributed by atoms with van der Waals surface area (Å²) in [6, 6.07) is 12.2. The van der Waals surface area contributed by atoms with Gasteiger partial charge in [-0.25, -0.2) is 9.59 Å². The van der Waals surface area contributed by atoms with Crippen molar-refractivity contribution in [3.63, 3.8) is 0 Å². The summed E-state index contributed by atoms with van der Waals surface area (Å²) in [7, 11) is 0. The van der Waals surface area contributed by atoms with Gasteiger partial charge in [0.25, 0.3) is 0 Å². The largest absolute Gasteiger partial charge is 0.478 e. The third kappa shape index (κ3) is 3.45. The van der Waals surface area contributed by atoms with Crippen molar-refractivity contribution in [1.82, 2.24) is 4.57 Å². The van der Waals surface area contributed by atoms with Gasteiger partial charge in [0.1, 0.15) is 5.69 Å². The Morgan fingerprint density at radius 3 is 2.42 bits per heavy atom. The standard InChI is InChI=1S/C19H13Cl2NO4/c20-14-7-5-11(9-15(14)21)10-22-16-4-2-1-3-12(16)13(6-8-17(23)24)18(22)19(25)26/h1-9H,10H2,(H,23,24)(H,25,26). The van der Waals surface area contributed by atoms with Crippen LogP contribution in [-0.2, 0) is 11.3 Å². The molecule has 7 heteroatoms. The van der Waals surface area contributed by atoms with Crippen LogP contribution in [0.5, 0.6) is 0 Å². The molecule has 2 N–H and O–H groups in total. The molecule has 0 aliphatic heterocycles. The molecule has 0 atom stereocenters. The fraction of sp³-hybridized carbons (Fsp3) is 0.0526. The number of aromatic carboxylic acids is 1. The van der Waals surface area contributed by atoms with E-state index in [1.807, 2.05) is 0 Å². The number of hydrogen-bond donors (Lipinski definition) is 2. The quantitative estimate of drug-likeness (QED) is 0.614. The number of aromatic nitrogens is 1. The highest BCUT2D eigenvalue weighted by Gasteiger charge is 2.21. The number of hydrogen-bond acceptors (Lipinski definition) is 2. The second-order valence-electron chi connectivity index (χ2n) is 5.59. The molecule has 0 spiro atoms. The number of fused-ring (bicyclic) bond motifs is 1. The van der Waals surface area contributed by atoms with Gasteiger partial charge in [0.2, 0.25) is 0 Å². The Balaban J connectivity index is 2.23. The predicted octanol–water partition coefficient (Wildman–Crippen LogP) is 4.79. The average Bonchev–Trinajstić information content (AvgIpc) is 2.90. The zero-order valence-corrected chi connectivity index (χ0v) is 14.8. The van der Waals surface area contributed by atoms with E-state index in [0.717, 1.165) is 11.6 Å². The SMILES string of the molecule is O=C(O)C=Cc1c(C(=O)O)n(Cc2ccc(Cl)c(Cl)c2)c2ccccc12. The Morgan fingerprint density at radius 1 is 1.04 bits per heavy atom. The Labute approximate surface area is 158 Å². The molecule has 0 unspecified atom stereocenters. The van der Waals surface area contributed by atoms with Gasteiger partial charge in [-0.1, -0.05) is 47.5 Å². The number of halogens is 2. The summed E-state index contributed by atoms with van der Waals surface area (Å²) in [5, 5.41) is 20.1. The molecule has 3 aromatic rings. The highest BCUT2D eigenvalue weighted by molar-refractivity contribution is 6.42. The number of rotatable bonds is 5. The fourth-order valence-corrected chi connectivity index (χ4v) is 3.19. The highest BCUT2D eigenvalue weighted by atomic mass is 35.5. The zero-order chi connectivity index (χ0) is 18.8. The van der Waals surface area contributed by atoms with Crippen molar-refractivity contribution in [2.75, 3.05) is 0 Å². The molecule has 3 rings (SSSR count). The lowest BCUT2D eigenvalue weighted by Crippen LogP contribution is -2.10. The smallest absolute Gasteiger partial charge is 0.353 e. The molecule has 0 aliphatic rings. The number of carboxylic acid groups (broad SMARTS) is 2. The minimum atomic E-state index is -1.15. The van der Waals surface area contributed by atoms with Gasteiger partial charge in [0.15, 0.2) is 0 Å². The third-order valence-corrected chi connectivity index (χ3v) is 4.67. The van der Waals surface area contributed by atoms with Crippen LogP contribution in [0.4, 0.5) is 0 Å². The van der Waals surface area contributed by atoms with Crippen molar-refractivity contribution >= 4 is 52.1 Å². The monoisotopic (exact) mass is 389 g/mol. The van der Waals surface area contributed by atoms with E-state index in [9.17, 15) is 14.7 Å². The van der Waals surface area contributed by atoms with Crippen molar-refractivity contribution in [3.05, 3.63) is 75.4 Å². The van der Waals surface area contributed by atoms with Crippen molar-refractivity contribution in [2.45, 2.75) is 6.54 Å². The number of carbonyl (C=O) groups is 2. The van der Waals surface area contributed by atoms with E-state index in [4.69, 9.17) is 28.3 Å². The second kappa shape index (κ2) is 7.23. The van der Waals surface area contributed by atoms with Crippen molar-refractivity contribution in [1.29, 1.82) is 0 Å². The predicted molar refractivity (Wildman–Crippen MR) is 101 cm³/mol. The van der Waals surface area contributed by atoms with Crippen LogP contribution < -0.4 is 0 Å². The van der Waals surface area contributed by atoms with Crippen molar-refractivity contribution < 1.29 is 19.8 Å². The van der Waals surface area contributed by atoms with Crippen LogP contribution in [0.3, 0.4) is 0 Å². The topological polar surface area (TPSA) is 79.5 Å². The molecular weight excluding hydrogens is 377 g/mol. The van der Waals surface area contributed by atoms with Crippen LogP contribution in [0.25, 0.3) is 17.0 Å². The summed E-state index contributed by atoms with van der Waals surface area (Å²) in [4.78, 5) is 22.8. The van der Waals surface area contributed by atoms with Crippen LogP contribution >= 0.6 is 23.2 Å². The summed E-state index contributed by atoms with van der Waals surface area (Å²) >= 11 is 12.0. The van der Waals surface area contributed by atoms with Gasteiger partial charge in [-0.2, -0.15) is 0 Å². The zero-order valence-electron chi connectivity index (χ0n) is 13.3. The van der Waals surface area contributed by atoms with Gasteiger partial charge in [-0.05, 0) is 29.8 Å². The summed E-state index contributed by atoms with van der Waals surface area (Å²) < 4.78 is 1.62. The van der Waals surface area contributed by atoms with Gasteiger partial charge >= 0.3 is 11.9 Å². The highest BCUT2D eigenvalue weighted by Crippen LogP contribution is 2.30. The average molecular weight is 390 g/mol. The van der Waals surface area contributed by atoms with Crippen LogP contribution in [0.15, 0.2) is 48.5 Å². The first-order valence-corrected chi connectivity index (χ1v) is 8.33. The van der Waals surface area contributed by atoms with Crippen LogP contribution in [0.1, 0.15) is 21.6 Å². The molecule has 0 saturated heterocycles. The molecule has 0 amide bonds. The van der Waals surface area contributed by atoms with E-state index in [0.29, 0.717) is 26.5 Å². The lowest BCUT2D eigenvalue weighted by Gasteiger charge is -2.10. The maximum absolute atomic E-state index is 11.9. The number of carboxylic acids is 2. The normalized spacial score (nSPS) is 11.3. The molecular formula is C19H13Cl2NO4. The number of aliphatic carboxylic acids is 1. The number of nitrogens with zero attached hydrogens (tertiary/aromatic N) is 1. The van der Waals surface area contributed by atoms with Gasteiger partial charge in [-0.15, -0.1) is 0 Å². The number of benzene rings is 2. The molecule has 0 radical (unpaired) electrons.